The van der Waals surface area contributed by atoms with Gasteiger partial charge in [0.05, 0.1) is 0 Å². The van der Waals surface area contributed by atoms with E-state index in [0.717, 1.165) is 12.2 Å². The molecule has 0 aliphatic rings. The molecule has 0 spiro atoms. The maximum absolute atomic E-state index is 5.85. The van der Waals surface area contributed by atoms with Crippen molar-refractivity contribution in [3.05, 3.63) is 29.5 Å². The smallest absolute Gasteiger partial charge is 0.233 e. The van der Waals surface area contributed by atoms with Gasteiger partial charge >= 0.3 is 0 Å². The van der Waals surface area contributed by atoms with Gasteiger partial charge in [-0.05, 0) is 49.0 Å². The monoisotopic (exact) mass is 295 g/mol. The van der Waals surface area contributed by atoms with Crippen molar-refractivity contribution in [3.8, 4) is 0 Å². The van der Waals surface area contributed by atoms with Gasteiger partial charge in [0.2, 0.25) is 17.2 Å². The van der Waals surface area contributed by atoms with Gasteiger partial charge in [0.1, 0.15) is 0 Å². The summed E-state index contributed by atoms with van der Waals surface area (Å²) in [7, 11) is 0. The van der Waals surface area contributed by atoms with Crippen molar-refractivity contribution in [3.63, 3.8) is 0 Å². The van der Waals surface area contributed by atoms with Crippen molar-refractivity contribution in [1.29, 1.82) is 0 Å². The fourth-order valence-electron chi connectivity index (χ4n) is 1.45. The highest BCUT2D eigenvalue weighted by molar-refractivity contribution is 7.98. The SMILES string of the molecule is CCNc1nc(Cl)nc(Nc2ccc(SC)cc2)n1. The van der Waals surface area contributed by atoms with Gasteiger partial charge in [-0.25, -0.2) is 0 Å². The van der Waals surface area contributed by atoms with E-state index in [1.807, 2.05) is 37.4 Å². The minimum absolute atomic E-state index is 0.161. The highest BCUT2D eigenvalue weighted by atomic mass is 35.5. The van der Waals surface area contributed by atoms with Crippen molar-refractivity contribution >= 4 is 40.9 Å². The molecule has 2 N–H and O–H groups in total. The van der Waals surface area contributed by atoms with Crippen molar-refractivity contribution in [2.45, 2.75) is 11.8 Å². The first kappa shape index (κ1) is 13.9. The van der Waals surface area contributed by atoms with E-state index in [1.54, 1.807) is 11.8 Å². The summed E-state index contributed by atoms with van der Waals surface area (Å²) >= 11 is 7.55. The second kappa shape index (κ2) is 6.58. The summed E-state index contributed by atoms with van der Waals surface area (Å²) in [5.41, 5.74) is 0.905. The van der Waals surface area contributed by atoms with Crippen molar-refractivity contribution in [2.24, 2.45) is 0 Å². The van der Waals surface area contributed by atoms with Crippen LogP contribution in [-0.2, 0) is 0 Å². The Hall–Kier alpha value is -1.53. The maximum Gasteiger partial charge on any atom is 0.233 e. The molecule has 0 bridgehead atoms. The number of hydrogen-bond donors (Lipinski definition) is 2. The summed E-state index contributed by atoms with van der Waals surface area (Å²) in [6.45, 7) is 2.69. The molecule has 1 aromatic carbocycles. The first-order valence-electron chi connectivity index (χ1n) is 5.78. The van der Waals surface area contributed by atoms with E-state index < -0.39 is 0 Å². The number of nitrogens with one attached hydrogen (secondary N) is 2. The van der Waals surface area contributed by atoms with Crippen LogP contribution in [0.2, 0.25) is 5.28 Å². The van der Waals surface area contributed by atoms with E-state index in [2.05, 4.69) is 25.6 Å². The van der Waals surface area contributed by atoms with E-state index in [9.17, 15) is 0 Å². The van der Waals surface area contributed by atoms with Crippen LogP contribution < -0.4 is 10.6 Å². The Bertz CT molecular complexity index is 546. The summed E-state index contributed by atoms with van der Waals surface area (Å²) in [6, 6.07) is 7.99. The Morgan fingerprint density at radius 1 is 1.11 bits per heavy atom. The molecule has 0 saturated carbocycles. The zero-order chi connectivity index (χ0) is 13.7. The van der Waals surface area contributed by atoms with Crippen LogP contribution in [0, 0.1) is 0 Å². The third-order valence-corrected chi connectivity index (χ3v) is 3.20. The molecular weight excluding hydrogens is 282 g/mol. The van der Waals surface area contributed by atoms with Gasteiger partial charge < -0.3 is 10.6 Å². The number of rotatable bonds is 5. The van der Waals surface area contributed by atoms with Crippen LogP contribution in [0.3, 0.4) is 0 Å². The first-order chi connectivity index (χ1) is 9.21. The van der Waals surface area contributed by atoms with Crippen LogP contribution in [0.1, 0.15) is 6.92 Å². The van der Waals surface area contributed by atoms with Gasteiger partial charge in [0, 0.05) is 17.1 Å². The van der Waals surface area contributed by atoms with E-state index in [0.29, 0.717) is 11.9 Å². The third kappa shape index (κ3) is 3.97. The summed E-state index contributed by atoms with van der Waals surface area (Å²) in [5.74, 6) is 0.888. The number of benzene rings is 1. The predicted octanol–water partition coefficient (Wildman–Crippen LogP) is 3.42. The summed E-state index contributed by atoms with van der Waals surface area (Å²) < 4.78 is 0. The van der Waals surface area contributed by atoms with Crippen LogP contribution >= 0.6 is 23.4 Å². The predicted molar refractivity (Wildman–Crippen MR) is 80.5 cm³/mol. The average molecular weight is 296 g/mol. The molecule has 0 radical (unpaired) electrons. The van der Waals surface area contributed by atoms with Gasteiger partial charge in [-0.15, -0.1) is 11.8 Å². The van der Waals surface area contributed by atoms with Gasteiger partial charge in [0.25, 0.3) is 0 Å². The van der Waals surface area contributed by atoms with Crippen LogP contribution in [-0.4, -0.2) is 27.8 Å². The third-order valence-electron chi connectivity index (χ3n) is 2.29. The summed E-state index contributed by atoms with van der Waals surface area (Å²) in [5, 5.41) is 6.26. The fraction of sp³-hybridized carbons (Fsp3) is 0.250. The molecular formula is C12H14ClN5S. The fourth-order valence-corrected chi connectivity index (χ4v) is 2.01. The lowest BCUT2D eigenvalue weighted by molar-refractivity contribution is 1.02. The van der Waals surface area contributed by atoms with E-state index in [1.165, 1.54) is 4.90 Å². The molecule has 19 heavy (non-hydrogen) atoms. The van der Waals surface area contributed by atoms with Crippen molar-refractivity contribution < 1.29 is 0 Å². The molecule has 0 aliphatic heterocycles. The quantitative estimate of drug-likeness (QED) is 0.824. The van der Waals surface area contributed by atoms with E-state index in [4.69, 9.17) is 11.6 Å². The molecule has 2 rings (SSSR count). The highest BCUT2D eigenvalue weighted by Crippen LogP contribution is 2.20. The number of halogens is 1. The lowest BCUT2D eigenvalue weighted by Crippen LogP contribution is -2.06. The lowest BCUT2D eigenvalue weighted by Gasteiger charge is -2.07. The Morgan fingerprint density at radius 3 is 2.42 bits per heavy atom. The highest BCUT2D eigenvalue weighted by Gasteiger charge is 2.04. The molecule has 7 heteroatoms. The zero-order valence-electron chi connectivity index (χ0n) is 10.6. The maximum atomic E-state index is 5.85. The second-order valence-corrected chi connectivity index (χ2v) is 4.85. The zero-order valence-corrected chi connectivity index (χ0v) is 12.2. The topological polar surface area (TPSA) is 62.7 Å². The lowest BCUT2D eigenvalue weighted by atomic mass is 10.3. The molecule has 2 aromatic rings. The number of aromatic nitrogens is 3. The largest absolute Gasteiger partial charge is 0.354 e. The minimum atomic E-state index is 0.161. The van der Waals surface area contributed by atoms with Gasteiger partial charge in [-0.1, -0.05) is 0 Å². The van der Waals surface area contributed by atoms with E-state index in [-0.39, 0.29) is 5.28 Å². The van der Waals surface area contributed by atoms with Crippen LogP contribution in [0.4, 0.5) is 17.6 Å². The van der Waals surface area contributed by atoms with Crippen molar-refractivity contribution in [2.75, 3.05) is 23.4 Å². The average Bonchev–Trinajstić information content (AvgIpc) is 2.39. The molecule has 0 aliphatic carbocycles. The number of hydrogen-bond acceptors (Lipinski definition) is 6. The standard InChI is InChI=1S/C12H14ClN5S/c1-3-14-11-16-10(13)17-12(18-11)15-8-4-6-9(19-2)7-5-8/h4-7H,3H2,1-2H3,(H2,14,15,16,17,18). The number of thioether (sulfide) groups is 1. The Labute approximate surface area is 121 Å². The number of anilines is 3. The molecule has 1 heterocycles. The van der Waals surface area contributed by atoms with Crippen LogP contribution in [0.15, 0.2) is 29.2 Å². The Balaban J connectivity index is 2.17. The minimum Gasteiger partial charge on any atom is -0.354 e. The summed E-state index contributed by atoms with van der Waals surface area (Å²) in [6.07, 6.45) is 2.04. The number of nitrogens with zero attached hydrogens (tertiary/aromatic N) is 3. The molecule has 1 aromatic heterocycles. The molecule has 0 unspecified atom stereocenters. The van der Waals surface area contributed by atoms with E-state index >= 15 is 0 Å². The Morgan fingerprint density at radius 2 is 1.79 bits per heavy atom. The Kier molecular flexibility index (Phi) is 4.81. The van der Waals surface area contributed by atoms with Gasteiger partial charge in [-0.2, -0.15) is 15.0 Å². The molecule has 5 nitrogen and oxygen atoms in total. The van der Waals surface area contributed by atoms with Gasteiger partial charge in [-0.3, -0.25) is 0 Å². The van der Waals surface area contributed by atoms with Gasteiger partial charge in [0.15, 0.2) is 0 Å². The normalized spacial score (nSPS) is 10.3. The molecule has 0 saturated heterocycles. The summed E-state index contributed by atoms with van der Waals surface area (Å²) in [4.78, 5) is 13.5. The van der Waals surface area contributed by atoms with Crippen molar-refractivity contribution in [1.82, 2.24) is 15.0 Å². The van der Waals surface area contributed by atoms with Crippen LogP contribution in [0.5, 0.6) is 0 Å². The molecule has 100 valence electrons. The first-order valence-corrected chi connectivity index (χ1v) is 7.38. The second-order valence-electron chi connectivity index (χ2n) is 3.64. The molecule has 0 amide bonds. The molecule has 0 atom stereocenters. The molecule has 0 fully saturated rings. The van der Waals surface area contributed by atoms with Crippen LogP contribution in [0.25, 0.3) is 0 Å².